The highest BCUT2D eigenvalue weighted by Crippen LogP contribution is 2.15. The average molecular weight is 366 g/mol. The van der Waals surface area contributed by atoms with Crippen LogP contribution in [0.5, 0.6) is 5.75 Å². The quantitative estimate of drug-likeness (QED) is 0.855. The van der Waals surface area contributed by atoms with Crippen molar-refractivity contribution in [1.29, 1.82) is 0 Å². The summed E-state index contributed by atoms with van der Waals surface area (Å²) in [6.45, 7) is 1.53. The zero-order chi connectivity index (χ0) is 19.1. The van der Waals surface area contributed by atoms with E-state index in [1.807, 2.05) is 35.2 Å². The summed E-state index contributed by atoms with van der Waals surface area (Å²) in [6.07, 6.45) is 3.69. The first-order valence-corrected chi connectivity index (χ1v) is 9.45. The predicted octanol–water partition coefficient (Wildman–Crippen LogP) is 3.05. The molecule has 0 saturated carbocycles. The number of methoxy groups -OCH3 is 1. The fourth-order valence-electron chi connectivity index (χ4n) is 3.37. The summed E-state index contributed by atoms with van der Waals surface area (Å²) in [5.74, 6) is 0.445. The molecule has 1 fully saturated rings. The third kappa shape index (κ3) is 5.09. The number of ether oxygens (including phenoxy) is 1. The molecule has 1 N–H and O–H groups in total. The number of nitrogens with one attached hydrogen (secondary N) is 1. The van der Waals surface area contributed by atoms with E-state index < -0.39 is 6.04 Å². The third-order valence-electron chi connectivity index (χ3n) is 4.91. The molecule has 1 aliphatic rings. The van der Waals surface area contributed by atoms with Gasteiger partial charge < -0.3 is 15.0 Å². The van der Waals surface area contributed by atoms with E-state index in [9.17, 15) is 9.59 Å². The lowest BCUT2D eigenvalue weighted by Gasteiger charge is -2.31. The second-order valence-corrected chi connectivity index (χ2v) is 6.83. The van der Waals surface area contributed by atoms with Gasteiger partial charge in [0.15, 0.2) is 0 Å². The number of carbonyl (C=O) groups excluding carboxylic acids is 2. The minimum atomic E-state index is -0.569. The number of benzene rings is 2. The summed E-state index contributed by atoms with van der Waals surface area (Å²) in [6, 6.07) is 16.1. The summed E-state index contributed by atoms with van der Waals surface area (Å²) < 4.78 is 5.13. The van der Waals surface area contributed by atoms with Crippen LogP contribution in [0.1, 0.15) is 35.2 Å². The van der Waals surface area contributed by atoms with E-state index in [4.69, 9.17) is 4.74 Å². The standard InChI is InChI=1S/C22H26N2O3/c1-27-19-12-10-18(11-13-19)21(25)23-20(16-17-8-4-2-5-9-17)22(26)24-14-6-3-7-15-24/h2,4-5,8-13,20H,3,6-7,14-16H2,1H3,(H,23,25). The lowest BCUT2D eigenvalue weighted by molar-refractivity contribution is -0.134. The van der Waals surface area contributed by atoms with Crippen molar-refractivity contribution in [3.8, 4) is 5.75 Å². The van der Waals surface area contributed by atoms with Crippen LogP contribution in [-0.4, -0.2) is 43.0 Å². The minimum Gasteiger partial charge on any atom is -0.497 e. The molecule has 0 radical (unpaired) electrons. The monoisotopic (exact) mass is 366 g/mol. The molecular weight excluding hydrogens is 340 g/mol. The maximum atomic E-state index is 13.1. The average Bonchev–Trinajstić information content (AvgIpc) is 2.74. The molecule has 1 atom stereocenters. The van der Waals surface area contributed by atoms with Crippen molar-refractivity contribution < 1.29 is 14.3 Å². The van der Waals surface area contributed by atoms with Crippen molar-refractivity contribution in [3.05, 3.63) is 65.7 Å². The first-order chi connectivity index (χ1) is 13.2. The molecule has 1 heterocycles. The summed E-state index contributed by atoms with van der Waals surface area (Å²) in [7, 11) is 1.59. The fourth-order valence-corrected chi connectivity index (χ4v) is 3.37. The number of likely N-dealkylation sites (tertiary alicyclic amines) is 1. The van der Waals surface area contributed by atoms with Crippen LogP contribution in [0.15, 0.2) is 54.6 Å². The zero-order valence-corrected chi connectivity index (χ0v) is 15.7. The van der Waals surface area contributed by atoms with Crippen LogP contribution in [0.2, 0.25) is 0 Å². The molecule has 27 heavy (non-hydrogen) atoms. The molecule has 142 valence electrons. The van der Waals surface area contributed by atoms with Crippen LogP contribution in [-0.2, 0) is 11.2 Å². The summed E-state index contributed by atoms with van der Waals surface area (Å²) in [5.41, 5.74) is 1.54. The van der Waals surface area contributed by atoms with Gasteiger partial charge in [-0.1, -0.05) is 30.3 Å². The maximum absolute atomic E-state index is 13.1. The van der Waals surface area contributed by atoms with Gasteiger partial charge in [0.25, 0.3) is 5.91 Å². The number of rotatable bonds is 6. The fraction of sp³-hybridized carbons (Fsp3) is 0.364. The lowest BCUT2D eigenvalue weighted by Crippen LogP contribution is -2.51. The Hall–Kier alpha value is -2.82. The van der Waals surface area contributed by atoms with Crippen molar-refractivity contribution in [3.63, 3.8) is 0 Å². The van der Waals surface area contributed by atoms with E-state index in [2.05, 4.69) is 5.32 Å². The SMILES string of the molecule is COc1ccc(C(=O)NC(Cc2ccccc2)C(=O)N2CCCCC2)cc1. The minimum absolute atomic E-state index is 0.000384. The molecule has 2 aromatic carbocycles. The zero-order valence-electron chi connectivity index (χ0n) is 15.7. The third-order valence-corrected chi connectivity index (χ3v) is 4.91. The second-order valence-electron chi connectivity index (χ2n) is 6.83. The Bertz CT molecular complexity index is 753. The Morgan fingerprint density at radius 3 is 2.30 bits per heavy atom. The normalized spacial score (nSPS) is 15.1. The van der Waals surface area contributed by atoms with Gasteiger partial charge in [0.2, 0.25) is 5.91 Å². The first kappa shape index (κ1) is 19.0. The van der Waals surface area contributed by atoms with E-state index in [-0.39, 0.29) is 11.8 Å². The molecule has 1 unspecified atom stereocenters. The molecular formula is C22H26N2O3. The Morgan fingerprint density at radius 2 is 1.67 bits per heavy atom. The van der Waals surface area contributed by atoms with Gasteiger partial charge in [0.1, 0.15) is 11.8 Å². The van der Waals surface area contributed by atoms with Gasteiger partial charge in [-0.3, -0.25) is 9.59 Å². The van der Waals surface area contributed by atoms with Crippen LogP contribution in [0, 0.1) is 0 Å². The molecule has 1 aliphatic heterocycles. The number of nitrogens with zero attached hydrogens (tertiary/aromatic N) is 1. The lowest BCUT2D eigenvalue weighted by atomic mass is 10.0. The van der Waals surface area contributed by atoms with Gasteiger partial charge in [-0.25, -0.2) is 0 Å². The second kappa shape index (κ2) is 9.21. The highest BCUT2D eigenvalue weighted by molar-refractivity contribution is 5.97. The van der Waals surface area contributed by atoms with Gasteiger partial charge >= 0.3 is 0 Å². The van der Waals surface area contributed by atoms with Crippen molar-refractivity contribution in [1.82, 2.24) is 10.2 Å². The number of hydrogen-bond acceptors (Lipinski definition) is 3. The largest absolute Gasteiger partial charge is 0.497 e. The molecule has 1 saturated heterocycles. The van der Waals surface area contributed by atoms with E-state index in [1.54, 1.807) is 31.4 Å². The molecule has 5 heteroatoms. The number of amides is 2. The topological polar surface area (TPSA) is 58.6 Å². The Balaban J connectivity index is 1.75. The smallest absolute Gasteiger partial charge is 0.251 e. The number of carbonyl (C=O) groups is 2. The van der Waals surface area contributed by atoms with E-state index in [0.717, 1.165) is 37.9 Å². The summed E-state index contributed by atoms with van der Waals surface area (Å²) in [4.78, 5) is 27.7. The molecule has 2 amide bonds. The van der Waals surface area contributed by atoms with Crippen molar-refractivity contribution in [2.45, 2.75) is 31.7 Å². The van der Waals surface area contributed by atoms with Crippen LogP contribution in [0.3, 0.4) is 0 Å². The Kier molecular flexibility index (Phi) is 6.47. The highest BCUT2D eigenvalue weighted by Gasteiger charge is 2.27. The highest BCUT2D eigenvalue weighted by atomic mass is 16.5. The van der Waals surface area contributed by atoms with E-state index in [1.165, 1.54) is 0 Å². The van der Waals surface area contributed by atoms with Gasteiger partial charge in [0.05, 0.1) is 7.11 Å². The Labute approximate surface area is 160 Å². The van der Waals surface area contributed by atoms with Gasteiger partial charge in [0, 0.05) is 25.1 Å². The van der Waals surface area contributed by atoms with Crippen molar-refractivity contribution in [2.75, 3.05) is 20.2 Å². The first-order valence-electron chi connectivity index (χ1n) is 9.45. The van der Waals surface area contributed by atoms with Crippen LogP contribution < -0.4 is 10.1 Å². The number of hydrogen-bond donors (Lipinski definition) is 1. The van der Waals surface area contributed by atoms with Gasteiger partial charge in [-0.05, 0) is 49.1 Å². The van der Waals surface area contributed by atoms with E-state index in [0.29, 0.717) is 17.7 Å². The van der Waals surface area contributed by atoms with Crippen molar-refractivity contribution in [2.24, 2.45) is 0 Å². The van der Waals surface area contributed by atoms with Gasteiger partial charge in [-0.15, -0.1) is 0 Å². The summed E-state index contributed by atoms with van der Waals surface area (Å²) in [5, 5.41) is 2.95. The van der Waals surface area contributed by atoms with E-state index >= 15 is 0 Å². The van der Waals surface area contributed by atoms with Crippen LogP contribution in [0.4, 0.5) is 0 Å². The molecule has 5 nitrogen and oxygen atoms in total. The molecule has 0 bridgehead atoms. The Morgan fingerprint density at radius 1 is 1.00 bits per heavy atom. The molecule has 3 rings (SSSR count). The number of piperidine rings is 1. The van der Waals surface area contributed by atoms with Gasteiger partial charge in [-0.2, -0.15) is 0 Å². The molecule has 0 spiro atoms. The molecule has 0 aromatic heterocycles. The summed E-state index contributed by atoms with van der Waals surface area (Å²) >= 11 is 0. The predicted molar refractivity (Wildman–Crippen MR) is 105 cm³/mol. The maximum Gasteiger partial charge on any atom is 0.251 e. The molecule has 2 aromatic rings. The van der Waals surface area contributed by atoms with Crippen molar-refractivity contribution >= 4 is 11.8 Å². The van der Waals surface area contributed by atoms with Crippen LogP contribution >= 0.6 is 0 Å². The molecule has 0 aliphatic carbocycles. The van der Waals surface area contributed by atoms with Crippen LogP contribution in [0.25, 0.3) is 0 Å².